The lowest BCUT2D eigenvalue weighted by atomic mass is 10.2. The summed E-state index contributed by atoms with van der Waals surface area (Å²) in [7, 11) is 3.57. The summed E-state index contributed by atoms with van der Waals surface area (Å²) in [6, 6.07) is 14.1. The van der Waals surface area contributed by atoms with Gasteiger partial charge in [0.2, 0.25) is 0 Å². The fraction of sp³-hybridized carbons (Fsp3) is 0.235. The molecule has 0 saturated heterocycles. The van der Waals surface area contributed by atoms with Gasteiger partial charge in [-0.2, -0.15) is 0 Å². The second-order valence-electron chi connectivity index (χ2n) is 4.90. The zero-order valence-corrected chi connectivity index (χ0v) is 12.7. The van der Waals surface area contributed by atoms with Gasteiger partial charge < -0.3 is 14.8 Å². The average molecular weight is 297 g/mol. The molecule has 0 aliphatic rings. The molecule has 2 aromatic carbocycles. The van der Waals surface area contributed by atoms with E-state index in [4.69, 9.17) is 9.47 Å². The van der Waals surface area contributed by atoms with Gasteiger partial charge in [0.25, 0.3) is 0 Å². The molecule has 0 amide bonds. The van der Waals surface area contributed by atoms with E-state index in [2.05, 4.69) is 27.0 Å². The monoisotopic (exact) mass is 297 g/mol. The van der Waals surface area contributed by atoms with Crippen molar-refractivity contribution in [3.05, 3.63) is 48.8 Å². The number of benzene rings is 2. The number of rotatable bonds is 6. The molecule has 5 heteroatoms. The highest BCUT2D eigenvalue weighted by atomic mass is 16.5. The number of anilines is 1. The summed E-state index contributed by atoms with van der Waals surface area (Å²) in [5, 5.41) is 3.12. The minimum atomic E-state index is 0.536. The fourth-order valence-corrected chi connectivity index (χ4v) is 2.32. The summed E-state index contributed by atoms with van der Waals surface area (Å²) in [6.07, 6.45) is 1.83. The number of fused-ring (bicyclic) bond motifs is 1. The number of nitrogens with one attached hydrogen (secondary N) is 1. The molecule has 1 heterocycles. The molecule has 3 rings (SSSR count). The molecular weight excluding hydrogens is 278 g/mol. The zero-order chi connectivity index (χ0) is 15.4. The largest absolute Gasteiger partial charge is 0.491 e. The summed E-state index contributed by atoms with van der Waals surface area (Å²) in [4.78, 5) is 4.46. The second-order valence-corrected chi connectivity index (χ2v) is 4.90. The van der Waals surface area contributed by atoms with E-state index in [0.29, 0.717) is 13.2 Å². The Morgan fingerprint density at radius 1 is 1.09 bits per heavy atom. The molecule has 22 heavy (non-hydrogen) atoms. The molecule has 0 unspecified atom stereocenters. The number of nitrogens with zero attached hydrogens (tertiary/aromatic N) is 2. The van der Waals surface area contributed by atoms with Crippen LogP contribution in [0.5, 0.6) is 5.75 Å². The number of methoxy groups -OCH3 is 1. The van der Waals surface area contributed by atoms with E-state index in [1.165, 1.54) is 0 Å². The molecule has 1 N–H and O–H groups in total. The van der Waals surface area contributed by atoms with Crippen LogP contribution < -0.4 is 10.1 Å². The molecule has 114 valence electrons. The van der Waals surface area contributed by atoms with Crippen molar-refractivity contribution in [2.45, 2.75) is 0 Å². The van der Waals surface area contributed by atoms with Crippen LogP contribution in [0.1, 0.15) is 0 Å². The van der Waals surface area contributed by atoms with E-state index < -0.39 is 0 Å². The number of ether oxygens (including phenoxy) is 2. The molecular formula is C17H19N3O2. The van der Waals surface area contributed by atoms with Crippen molar-refractivity contribution < 1.29 is 9.47 Å². The standard InChI is InChI=1S/C17H19N3O2/c1-18-13-3-5-14(6-4-13)20-12-19-16-11-15(7-8-17(16)20)22-10-9-21-2/h3-8,11-12,18H,9-10H2,1-2H3. The highest BCUT2D eigenvalue weighted by Gasteiger charge is 2.06. The van der Waals surface area contributed by atoms with Crippen LogP contribution in [-0.2, 0) is 4.74 Å². The fourth-order valence-electron chi connectivity index (χ4n) is 2.32. The first-order valence-corrected chi connectivity index (χ1v) is 7.19. The third-order valence-electron chi connectivity index (χ3n) is 3.51. The van der Waals surface area contributed by atoms with Gasteiger partial charge in [0.05, 0.1) is 17.6 Å². The molecule has 0 radical (unpaired) electrons. The van der Waals surface area contributed by atoms with Gasteiger partial charge in [-0.1, -0.05) is 0 Å². The summed E-state index contributed by atoms with van der Waals surface area (Å²) in [5.41, 5.74) is 4.13. The molecule has 1 aromatic heterocycles. The number of imidazole rings is 1. The molecule has 0 atom stereocenters. The lowest BCUT2D eigenvalue weighted by Crippen LogP contribution is -2.04. The third-order valence-corrected chi connectivity index (χ3v) is 3.51. The Balaban J connectivity index is 1.88. The normalized spacial score (nSPS) is 10.8. The van der Waals surface area contributed by atoms with Crippen LogP contribution in [0.2, 0.25) is 0 Å². The molecule has 0 spiro atoms. The van der Waals surface area contributed by atoms with E-state index in [-0.39, 0.29) is 0 Å². The van der Waals surface area contributed by atoms with Gasteiger partial charge in [-0.25, -0.2) is 4.98 Å². The van der Waals surface area contributed by atoms with Crippen molar-refractivity contribution in [2.75, 3.05) is 32.7 Å². The minimum Gasteiger partial charge on any atom is -0.491 e. The molecule has 5 nitrogen and oxygen atoms in total. The minimum absolute atomic E-state index is 0.536. The molecule has 0 saturated carbocycles. The van der Waals surface area contributed by atoms with Crippen molar-refractivity contribution in [3.63, 3.8) is 0 Å². The quantitative estimate of drug-likeness (QED) is 0.710. The van der Waals surface area contributed by atoms with Crippen molar-refractivity contribution >= 4 is 16.7 Å². The summed E-state index contributed by atoms with van der Waals surface area (Å²) < 4.78 is 12.7. The molecule has 0 aliphatic carbocycles. The van der Waals surface area contributed by atoms with E-state index in [1.54, 1.807) is 7.11 Å². The maximum absolute atomic E-state index is 5.62. The van der Waals surface area contributed by atoms with Crippen LogP contribution in [0.15, 0.2) is 48.8 Å². The SMILES string of the molecule is CNc1ccc(-n2cnc3cc(OCCOC)ccc32)cc1. The Kier molecular flexibility index (Phi) is 4.25. The van der Waals surface area contributed by atoms with Crippen LogP contribution in [0.25, 0.3) is 16.7 Å². The Hall–Kier alpha value is -2.53. The topological polar surface area (TPSA) is 48.3 Å². The Morgan fingerprint density at radius 2 is 1.91 bits per heavy atom. The van der Waals surface area contributed by atoms with Crippen LogP contribution >= 0.6 is 0 Å². The van der Waals surface area contributed by atoms with E-state index >= 15 is 0 Å². The first kappa shape index (κ1) is 14.4. The van der Waals surface area contributed by atoms with Crippen molar-refractivity contribution in [2.24, 2.45) is 0 Å². The molecule has 0 bridgehead atoms. The van der Waals surface area contributed by atoms with Crippen molar-refractivity contribution in [1.29, 1.82) is 0 Å². The smallest absolute Gasteiger partial charge is 0.121 e. The van der Waals surface area contributed by atoms with E-state index in [9.17, 15) is 0 Å². The van der Waals surface area contributed by atoms with Crippen LogP contribution in [0.4, 0.5) is 5.69 Å². The van der Waals surface area contributed by atoms with Gasteiger partial charge in [0.15, 0.2) is 0 Å². The van der Waals surface area contributed by atoms with Crippen LogP contribution in [0.3, 0.4) is 0 Å². The summed E-state index contributed by atoms with van der Waals surface area (Å²) >= 11 is 0. The van der Waals surface area contributed by atoms with Crippen molar-refractivity contribution in [1.82, 2.24) is 9.55 Å². The van der Waals surface area contributed by atoms with Gasteiger partial charge in [0, 0.05) is 31.6 Å². The van der Waals surface area contributed by atoms with Gasteiger partial charge in [0.1, 0.15) is 18.7 Å². The van der Waals surface area contributed by atoms with Crippen LogP contribution in [0, 0.1) is 0 Å². The summed E-state index contributed by atoms with van der Waals surface area (Å²) in [5.74, 6) is 0.806. The predicted octanol–water partition coefficient (Wildman–Crippen LogP) is 3.09. The van der Waals surface area contributed by atoms with E-state index in [1.807, 2.05) is 43.7 Å². The predicted molar refractivity (Wildman–Crippen MR) is 88.0 cm³/mol. The number of aromatic nitrogens is 2. The lowest BCUT2D eigenvalue weighted by Gasteiger charge is -2.07. The highest BCUT2D eigenvalue weighted by molar-refractivity contribution is 5.79. The van der Waals surface area contributed by atoms with Gasteiger partial charge in [-0.3, -0.25) is 4.57 Å². The molecule has 0 fully saturated rings. The molecule has 0 aliphatic heterocycles. The first-order chi connectivity index (χ1) is 10.8. The second kappa shape index (κ2) is 6.49. The first-order valence-electron chi connectivity index (χ1n) is 7.19. The maximum atomic E-state index is 5.62. The lowest BCUT2D eigenvalue weighted by molar-refractivity contribution is 0.146. The van der Waals surface area contributed by atoms with Crippen molar-refractivity contribution in [3.8, 4) is 11.4 Å². The van der Waals surface area contributed by atoms with Gasteiger partial charge in [-0.05, 0) is 36.4 Å². The average Bonchev–Trinajstić information content (AvgIpc) is 2.98. The highest BCUT2D eigenvalue weighted by Crippen LogP contribution is 2.23. The zero-order valence-electron chi connectivity index (χ0n) is 12.7. The van der Waals surface area contributed by atoms with E-state index in [0.717, 1.165) is 28.2 Å². The van der Waals surface area contributed by atoms with Crippen LogP contribution in [-0.4, -0.2) is 36.9 Å². The number of hydrogen-bond acceptors (Lipinski definition) is 4. The van der Waals surface area contributed by atoms with Gasteiger partial charge >= 0.3 is 0 Å². The molecule has 3 aromatic rings. The summed E-state index contributed by atoms with van der Waals surface area (Å²) in [6.45, 7) is 1.11. The Morgan fingerprint density at radius 3 is 2.64 bits per heavy atom. The Labute approximate surface area is 129 Å². The van der Waals surface area contributed by atoms with Gasteiger partial charge in [-0.15, -0.1) is 0 Å². The third kappa shape index (κ3) is 2.89. The Bertz CT molecular complexity index is 750. The number of hydrogen-bond donors (Lipinski definition) is 1. The maximum Gasteiger partial charge on any atom is 0.121 e.